The van der Waals surface area contributed by atoms with Gasteiger partial charge in [0.05, 0.1) is 22.2 Å². The minimum absolute atomic E-state index is 0.209. The molecule has 0 spiro atoms. The number of pyridine rings is 1. The van der Waals surface area contributed by atoms with Crippen LogP contribution < -0.4 is 11.1 Å². The van der Waals surface area contributed by atoms with E-state index in [1.54, 1.807) is 36.5 Å². The van der Waals surface area contributed by atoms with Crippen LogP contribution in [0.3, 0.4) is 0 Å². The molecule has 1 aromatic carbocycles. The Morgan fingerprint density at radius 3 is 2.67 bits per heavy atom. The maximum Gasteiger partial charge on any atom is 0.259 e. The molecule has 0 atom stereocenters. The zero-order chi connectivity index (χ0) is 15.2. The van der Waals surface area contributed by atoms with Crippen LogP contribution in [-0.2, 0) is 0 Å². The van der Waals surface area contributed by atoms with Gasteiger partial charge in [-0.25, -0.2) is 4.98 Å². The monoisotopic (exact) mass is 319 g/mol. The van der Waals surface area contributed by atoms with Crippen molar-refractivity contribution in [3.63, 3.8) is 0 Å². The van der Waals surface area contributed by atoms with Gasteiger partial charge in [0.1, 0.15) is 5.82 Å². The summed E-state index contributed by atoms with van der Waals surface area (Å²) in [5.74, 6) is 5.52. The van der Waals surface area contributed by atoms with Crippen LogP contribution in [0, 0.1) is 11.8 Å². The molecule has 2 rings (SSSR count). The number of carbonyl (C=O) groups excluding carboxylic acids is 1. The molecule has 0 unspecified atom stereocenters. The van der Waals surface area contributed by atoms with E-state index in [4.69, 9.17) is 28.9 Å². The normalized spacial score (nSPS) is 9.67. The molecule has 0 aliphatic heterocycles. The predicted molar refractivity (Wildman–Crippen MR) is 84.6 cm³/mol. The molecule has 2 aromatic rings. The molecule has 0 bridgehead atoms. The number of rotatable bonds is 2. The molecular formula is C15H11Cl2N3O. The molecule has 0 radical (unpaired) electrons. The van der Waals surface area contributed by atoms with E-state index < -0.39 is 5.91 Å². The van der Waals surface area contributed by atoms with E-state index in [-0.39, 0.29) is 22.2 Å². The van der Waals surface area contributed by atoms with E-state index in [0.29, 0.717) is 11.4 Å². The van der Waals surface area contributed by atoms with Gasteiger partial charge < -0.3 is 11.1 Å². The largest absolute Gasteiger partial charge is 0.320 e. The Morgan fingerprint density at radius 1 is 1.29 bits per heavy atom. The molecule has 0 saturated heterocycles. The van der Waals surface area contributed by atoms with E-state index in [1.807, 2.05) is 0 Å². The lowest BCUT2D eigenvalue weighted by Gasteiger charge is -2.07. The Balaban J connectivity index is 2.24. The van der Waals surface area contributed by atoms with Gasteiger partial charge >= 0.3 is 0 Å². The maximum atomic E-state index is 12.2. The first kappa shape index (κ1) is 15.3. The van der Waals surface area contributed by atoms with Crippen molar-refractivity contribution >= 4 is 34.9 Å². The summed E-state index contributed by atoms with van der Waals surface area (Å²) in [6, 6.07) is 8.23. The number of amides is 1. The van der Waals surface area contributed by atoms with Crippen LogP contribution in [0.15, 0.2) is 36.5 Å². The predicted octanol–water partition coefficient (Wildman–Crippen LogP) is 2.95. The third-order valence-corrected chi connectivity index (χ3v) is 3.16. The van der Waals surface area contributed by atoms with Crippen LogP contribution in [0.2, 0.25) is 10.0 Å². The van der Waals surface area contributed by atoms with Crippen LogP contribution in [0.25, 0.3) is 0 Å². The summed E-state index contributed by atoms with van der Waals surface area (Å²) in [5.41, 5.74) is 6.23. The highest BCUT2D eigenvalue weighted by Gasteiger charge is 2.15. The molecule has 21 heavy (non-hydrogen) atoms. The summed E-state index contributed by atoms with van der Waals surface area (Å²) in [6.07, 6.45) is 1.55. The smallest absolute Gasteiger partial charge is 0.259 e. The molecule has 0 aliphatic carbocycles. The molecule has 0 fully saturated rings. The molecule has 1 amide bonds. The fraction of sp³-hybridized carbons (Fsp3) is 0.0667. The number of hydrogen-bond donors (Lipinski definition) is 2. The second kappa shape index (κ2) is 7.09. The summed E-state index contributed by atoms with van der Waals surface area (Å²) >= 11 is 12.0. The lowest BCUT2D eigenvalue weighted by Crippen LogP contribution is -2.14. The van der Waals surface area contributed by atoms with Crippen molar-refractivity contribution < 1.29 is 4.79 Å². The van der Waals surface area contributed by atoms with Gasteiger partial charge in [0.2, 0.25) is 0 Å². The van der Waals surface area contributed by atoms with E-state index in [0.717, 1.165) is 0 Å². The summed E-state index contributed by atoms with van der Waals surface area (Å²) in [5, 5.41) is 3.19. The highest BCUT2D eigenvalue weighted by Crippen LogP contribution is 2.25. The van der Waals surface area contributed by atoms with Crippen LogP contribution in [0.1, 0.15) is 15.9 Å². The number of anilines is 1. The number of nitrogens with two attached hydrogens (primary N) is 1. The number of benzene rings is 1. The van der Waals surface area contributed by atoms with Crippen molar-refractivity contribution in [1.29, 1.82) is 0 Å². The van der Waals surface area contributed by atoms with Gasteiger partial charge in [-0.1, -0.05) is 41.1 Å². The molecular weight excluding hydrogens is 309 g/mol. The average Bonchev–Trinajstić information content (AvgIpc) is 2.45. The Hall–Kier alpha value is -2.06. The van der Waals surface area contributed by atoms with Crippen LogP contribution in [-0.4, -0.2) is 17.4 Å². The van der Waals surface area contributed by atoms with Crippen molar-refractivity contribution in [3.8, 4) is 11.8 Å². The van der Waals surface area contributed by atoms with Crippen LogP contribution in [0.5, 0.6) is 0 Å². The molecule has 106 valence electrons. The van der Waals surface area contributed by atoms with Gasteiger partial charge in [0.25, 0.3) is 5.91 Å². The number of carbonyl (C=O) groups is 1. The van der Waals surface area contributed by atoms with Crippen molar-refractivity contribution in [2.24, 2.45) is 5.73 Å². The van der Waals surface area contributed by atoms with Crippen molar-refractivity contribution in [2.75, 3.05) is 11.9 Å². The van der Waals surface area contributed by atoms with E-state index in [9.17, 15) is 4.79 Å². The molecule has 1 aromatic heterocycles. The van der Waals surface area contributed by atoms with Crippen molar-refractivity contribution in [1.82, 2.24) is 4.98 Å². The zero-order valence-electron chi connectivity index (χ0n) is 10.9. The standard InChI is InChI=1S/C15H11Cl2N3O/c16-11-4-1-5-12(17)14(11)15(21)20-13-9-10(3-2-7-18)6-8-19-13/h1,4-6,8-9H,7,18H2,(H,19,20,21). The number of aromatic nitrogens is 1. The highest BCUT2D eigenvalue weighted by molar-refractivity contribution is 6.40. The van der Waals surface area contributed by atoms with Crippen LogP contribution in [0.4, 0.5) is 5.82 Å². The Kier molecular flexibility index (Phi) is 5.18. The first-order valence-electron chi connectivity index (χ1n) is 6.02. The molecule has 0 saturated carbocycles. The lowest BCUT2D eigenvalue weighted by atomic mass is 10.2. The first-order valence-corrected chi connectivity index (χ1v) is 6.78. The number of hydrogen-bond acceptors (Lipinski definition) is 3. The minimum Gasteiger partial charge on any atom is -0.320 e. The number of nitrogens with one attached hydrogen (secondary N) is 1. The third kappa shape index (κ3) is 3.96. The molecule has 6 heteroatoms. The highest BCUT2D eigenvalue weighted by atomic mass is 35.5. The number of nitrogens with zero attached hydrogens (tertiary/aromatic N) is 1. The van der Waals surface area contributed by atoms with E-state index in [2.05, 4.69) is 22.1 Å². The summed E-state index contributed by atoms with van der Waals surface area (Å²) in [6.45, 7) is 0.263. The summed E-state index contributed by atoms with van der Waals surface area (Å²) in [7, 11) is 0. The summed E-state index contributed by atoms with van der Waals surface area (Å²) in [4.78, 5) is 16.3. The first-order chi connectivity index (χ1) is 10.1. The fourth-order valence-corrected chi connectivity index (χ4v) is 2.19. The van der Waals surface area contributed by atoms with Gasteiger partial charge in [-0.05, 0) is 24.3 Å². The lowest BCUT2D eigenvalue weighted by molar-refractivity contribution is 0.102. The Labute approximate surface area is 132 Å². The molecule has 0 aliphatic rings. The second-order valence-corrected chi connectivity index (χ2v) is 4.80. The van der Waals surface area contributed by atoms with Gasteiger partial charge in [-0.15, -0.1) is 0 Å². The SMILES string of the molecule is NCC#Cc1ccnc(NC(=O)c2c(Cl)cccc2Cl)c1. The Bertz CT molecular complexity index is 715. The van der Waals surface area contributed by atoms with Gasteiger partial charge in [0, 0.05) is 11.8 Å². The van der Waals surface area contributed by atoms with Crippen molar-refractivity contribution in [3.05, 3.63) is 57.7 Å². The van der Waals surface area contributed by atoms with Crippen LogP contribution >= 0.6 is 23.2 Å². The molecule has 4 nitrogen and oxygen atoms in total. The average molecular weight is 320 g/mol. The topological polar surface area (TPSA) is 68.0 Å². The zero-order valence-corrected chi connectivity index (χ0v) is 12.4. The van der Waals surface area contributed by atoms with Crippen molar-refractivity contribution in [2.45, 2.75) is 0 Å². The van der Waals surface area contributed by atoms with Gasteiger partial charge in [0.15, 0.2) is 0 Å². The minimum atomic E-state index is -0.429. The van der Waals surface area contributed by atoms with Gasteiger partial charge in [-0.2, -0.15) is 0 Å². The number of halogens is 2. The quantitative estimate of drug-likeness (QED) is 0.836. The third-order valence-electron chi connectivity index (χ3n) is 2.53. The second-order valence-electron chi connectivity index (χ2n) is 3.99. The summed E-state index contributed by atoms with van der Waals surface area (Å²) < 4.78 is 0. The van der Waals surface area contributed by atoms with Gasteiger partial charge in [-0.3, -0.25) is 4.79 Å². The fourth-order valence-electron chi connectivity index (χ4n) is 1.62. The van der Waals surface area contributed by atoms with E-state index >= 15 is 0 Å². The molecule has 1 heterocycles. The molecule has 3 N–H and O–H groups in total. The maximum absolute atomic E-state index is 12.2. The van der Waals surface area contributed by atoms with E-state index in [1.165, 1.54) is 0 Å². The Morgan fingerprint density at radius 2 is 2.00 bits per heavy atom.